The topological polar surface area (TPSA) is 41.3 Å². The third-order valence-electron chi connectivity index (χ3n) is 26.4. The van der Waals surface area contributed by atoms with Crippen molar-refractivity contribution in [2.75, 3.05) is 16.3 Å². The standard InChI is InChI=1S/C114H119BN6/c1-107(2,3)76-38-30-71(31-39-76)90-66-116-67-91(72-32-40-77(41-33-72)108(4,5)6)105(90)120-100-64-84(118-96-54-46-80(111(13,14)15)60-86(96)87-61-81(112(16,17)18)47-55-97(87)118)50-52-94(100)115-95-53-51-85(119-98-56-48-82(113(19,20)21)62-88(98)89-63-83(114(22,23)24)49-57-99(89)119)65-101(95)121(103-59-75(58-102(120)104(103)115)70-28-26-25-27-29-70)106-92(73-34-42-78(43-35-73)109(7,8)9)68-117-69-93(106)74-36-44-79(45-37-74)110(10,11)12/h25-68,117H,69H2,1-24H3. The van der Waals surface area contributed by atoms with Crippen LogP contribution < -0.4 is 31.5 Å². The van der Waals surface area contributed by atoms with E-state index in [9.17, 15) is 0 Å². The Labute approximate surface area is 720 Å². The second-order valence-corrected chi connectivity index (χ2v) is 43.1. The Morgan fingerprint density at radius 3 is 0.983 bits per heavy atom. The van der Waals surface area contributed by atoms with Gasteiger partial charge in [0.15, 0.2) is 0 Å². The summed E-state index contributed by atoms with van der Waals surface area (Å²) >= 11 is 0. The lowest BCUT2D eigenvalue weighted by Gasteiger charge is -2.47. The van der Waals surface area contributed by atoms with E-state index in [1.807, 2.05) is 0 Å². The Morgan fingerprint density at radius 1 is 0.289 bits per heavy atom. The highest BCUT2D eigenvalue weighted by atomic mass is 15.2. The lowest BCUT2D eigenvalue weighted by atomic mass is 9.33. The first-order chi connectivity index (χ1) is 57.1. The zero-order chi connectivity index (χ0) is 85.5. The summed E-state index contributed by atoms with van der Waals surface area (Å²) in [4.78, 5) is 10.9. The highest BCUT2D eigenvalue weighted by Gasteiger charge is 2.47. The molecule has 1 N–H and O–H groups in total. The molecule has 0 aliphatic carbocycles. The molecule has 0 amide bonds. The fraction of sp³-hybridized carbons (Fsp3) is 0.289. The molecule has 3 aromatic heterocycles. The van der Waals surface area contributed by atoms with Crippen LogP contribution in [0.1, 0.15) is 222 Å². The number of anilines is 5. The molecular formula is C114H119BN6. The quantitative estimate of drug-likeness (QED) is 0.146. The maximum atomic E-state index is 5.40. The Morgan fingerprint density at radius 2 is 0.620 bits per heavy atom. The number of benzene rings is 12. The summed E-state index contributed by atoms with van der Waals surface area (Å²) in [5.74, 6) is 0. The summed E-state index contributed by atoms with van der Waals surface area (Å²) in [6, 6.07) is 98.3. The van der Waals surface area contributed by atoms with Gasteiger partial charge < -0.3 is 24.3 Å². The minimum atomic E-state index is -0.305. The molecule has 3 aliphatic heterocycles. The van der Waals surface area contributed by atoms with Crippen LogP contribution in [0, 0.1) is 0 Å². The molecule has 608 valence electrons. The molecular weight excluding hydrogens is 1460 g/mol. The number of nitrogens with one attached hydrogen (secondary N) is 1. The van der Waals surface area contributed by atoms with E-state index < -0.39 is 0 Å². The molecule has 0 unspecified atom stereocenters. The second kappa shape index (κ2) is 28.5. The average molecular weight is 1580 g/mol. The number of rotatable bonds is 9. The number of dihydropyridines is 1. The number of allylic oxidation sites excluding steroid dienone is 1. The van der Waals surface area contributed by atoms with Gasteiger partial charge in [-0.1, -0.05) is 330 Å². The molecule has 0 radical (unpaired) electrons. The van der Waals surface area contributed by atoms with Gasteiger partial charge in [-0.3, -0.25) is 4.98 Å². The predicted octanol–water partition coefficient (Wildman–Crippen LogP) is 28.5. The summed E-state index contributed by atoms with van der Waals surface area (Å²) in [7, 11) is 0. The van der Waals surface area contributed by atoms with Crippen LogP contribution in [-0.4, -0.2) is 27.4 Å². The fourth-order valence-electron chi connectivity index (χ4n) is 19.0. The normalized spacial score (nSPS) is 14.3. The van der Waals surface area contributed by atoms with Crippen LogP contribution in [0.25, 0.3) is 99.5 Å². The van der Waals surface area contributed by atoms with E-state index in [0.29, 0.717) is 6.54 Å². The van der Waals surface area contributed by atoms with Gasteiger partial charge in [-0.05, 0) is 223 Å². The summed E-state index contributed by atoms with van der Waals surface area (Å²) in [6.07, 6.45) is 6.62. The smallest absolute Gasteiger partial charge is 0.252 e. The lowest BCUT2D eigenvalue weighted by molar-refractivity contribution is 0.590. The zero-order valence-electron chi connectivity index (χ0n) is 75.9. The summed E-state index contributed by atoms with van der Waals surface area (Å²) in [5, 5.41) is 8.99. The second-order valence-electron chi connectivity index (χ2n) is 43.1. The van der Waals surface area contributed by atoms with Crippen molar-refractivity contribution in [2.24, 2.45) is 0 Å². The van der Waals surface area contributed by atoms with Crippen molar-refractivity contribution in [3.8, 4) is 44.8 Å². The van der Waals surface area contributed by atoms with Gasteiger partial charge in [0.1, 0.15) is 0 Å². The molecule has 0 saturated heterocycles. The minimum Gasteiger partial charge on any atom is -0.386 e. The van der Waals surface area contributed by atoms with Gasteiger partial charge in [-0.2, -0.15) is 0 Å². The van der Waals surface area contributed by atoms with Gasteiger partial charge in [-0.15, -0.1) is 0 Å². The largest absolute Gasteiger partial charge is 0.386 e. The molecule has 7 heteroatoms. The van der Waals surface area contributed by atoms with E-state index in [-0.39, 0.29) is 50.0 Å². The van der Waals surface area contributed by atoms with Crippen LogP contribution in [0.4, 0.5) is 28.4 Å². The minimum absolute atomic E-state index is 0.0665. The van der Waals surface area contributed by atoms with Gasteiger partial charge in [0.25, 0.3) is 6.71 Å². The van der Waals surface area contributed by atoms with Crippen LogP contribution >= 0.6 is 0 Å². The average Bonchev–Trinajstić information content (AvgIpc) is 0.777. The van der Waals surface area contributed by atoms with Gasteiger partial charge in [0.2, 0.25) is 0 Å². The van der Waals surface area contributed by atoms with E-state index in [4.69, 9.17) is 4.98 Å². The number of aromatic nitrogens is 3. The maximum absolute atomic E-state index is 5.40. The monoisotopic (exact) mass is 1580 g/mol. The molecule has 0 bridgehead atoms. The van der Waals surface area contributed by atoms with Gasteiger partial charge in [-0.25, -0.2) is 0 Å². The third-order valence-corrected chi connectivity index (χ3v) is 26.4. The Balaban J connectivity index is 1.02. The number of fused-ring (bicyclic) bond motifs is 10. The van der Waals surface area contributed by atoms with Gasteiger partial charge in [0, 0.05) is 103 Å². The Bertz CT molecular complexity index is 6500. The lowest BCUT2D eigenvalue weighted by Crippen LogP contribution is -2.62. The van der Waals surface area contributed by atoms with Gasteiger partial charge >= 0.3 is 0 Å². The number of hydrogen-bond donors (Lipinski definition) is 1. The number of nitrogens with zero attached hydrogens (tertiary/aromatic N) is 5. The van der Waals surface area contributed by atoms with Gasteiger partial charge in [0.05, 0.1) is 33.5 Å². The van der Waals surface area contributed by atoms with Crippen LogP contribution in [0.15, 0.2) is 273 Å². The highest BCUT2D eigenvalue weighted by molar-refractivity contribution is 7.00. The molecule has 18 rings (SSSR count). The Kier molecular flexibility index (Phi) is 18.9. The Hall–Kier alpha value is -11.7. The first kappa shape index (κ1) is 80.4. The van der Waals surface area contributed by atoms with Crippen molar-refractivity contribution >= 4 is 106 Å². The molecule has 0 atom stereocenters. The fourth-order valence-corrected chi connectivity index (χ4v) is 19.0. The van der Waals surface area contributed by atoms with Crippen LogP contribution in [0.2, 0.25) is 0 Å². The maximum Gasteiger partial charge on any atom is 0.252 e. The molecule has 0 fully saturated rings. The first-order valence-electron chi connectivity index (χ1n) is 44.0. The zero-order valence-corrected chi connectivity index (χ0v) is 75.9. The molecule has 0 spiro atoms. The van der Waals surface area contributed by atoms with Crippen molar-refractivity contribution in [2.45, 2.75) is 209 Å². The summed E-state index contributed by atoms with van der Waals surface area (Å²) < 4.78 is 5.14. The molecule has 15 aromatic rings. The van der Waals surface area contributed by atoms with Crippen molar-refractivity contribution in [3.05, 3.63) is 329 Å². The molecule has 3 aliphatic rings. The van der Waals surface area contributed by atoms with Crippen molar-refractivity contribution in [3.63, 3.8) is 0 Å². The molecule has 6 nitrogen and oxygen atoms in total. The molecule has 6 heterocycles. The summed E-state index contributed by atoms with van der Waals surface area (Å²) in [5.41, 5.74) is 38.0. The highest BCUT2D eigenvalue weighted by Crippen LogP contribution is 2.54. The molecule has 0 saturated carbocycles. The van der Waals surface area contributed by atoms with Crippen molar-refractivity contribution in [1.29, 1.82) is 0 Å². The van der Waals surface area contributed by atoms with Crippen molar-refractivity contribution < 1.29 is 0 Å². The summed E-state index contributed by atoms with van der Waals surface area (Å²) in [6.45, 7) is 56.2. The van der Waals surface area contributed by atoms with Crippen molar-refractivity contribution in [1.82, 2.24) is 19.4 Å². The molecule has 12 aromatic carbocycles. The predicted molar refractivity (Wildman–Crippen MR) is 523 cm³/mol. The number of hydrogen-bond acceptors (Lipinski definition) is 4. The number of pyridine rings is 1. The van der Waals surface area contributed by atoms with E-state index in [2.05, 4.69) is 458 Å². The van der Waals surface area contributed by atoms with Crippen LogP contribution in [0.3, 0.4) is 0 Å². The van der Waals surface area contributed by atoms with E-state index in [1.54, 1.807) is 0 Å². The van der Waals surface area contributed by atoms with Crippen LogP contribution in [-0.2, 0) is 43.3 Å². The first-order valence-corrected chi connectivity index (χ1v) is 44.0. The van der Waals surface area contributed by atoms with E-state index in [0.717, 1.165) is 90.0 Å². The van der Waals surface area contributed by atoms with E-state index in [1.165, 1.54) is 116 Å². The van der Waals surface area contributed by atoms with E-state index >= 15 is 0 Å². The third kappa shape index (κ3) is 14.1. The SMILES string of the molecule is CC(C)(C)c1ccc(C2=CNCC(c3ccc(C(C)(C)C)cc3)=C2N2c3cc(-n4c5ccc(C(C)(C)C)cc5c5cc(C(C)(C)C)ccc54)ccc3B3c4ccc(-n5c6ccc(C(C)(C)C)cc6c6cc(C(C)(C)C)ccc65)cc4N(c4c(-c5ccc(C(C)(C)C)cc5)cncc4-c4ccc(C(C)(C)C)cc4)c4cc(-c5ccccc5)cc2c43)cc1. The van der Waals surface area contributed by atoms with Crippen LogP contribution in [0.5, 0.6) is 0 Å². The molecule has 121 heavy (non-hydrogen) atoms.